The minimum absolute atomic E-state index is 0.398. The fraction of sp³-hybridized carbons (Fsp3) is 0.200. The van der Waals surface area contributed by atoms with Crippen LogP contribution in [0.5, 0.6) is 0 Å². The molecule has 0 aliphatic heterocycles. The van der Waals surface area contributed by atoms with Crippen LogP contribution in [0, 0.1) is 0 Å². The molecule has 0 aromatic heterocycles. The summed E-state index contributed by atoms with van der Waals surface area (Å²) in [6.07, 6.45) is 3.31. The van der Waals surface area contributed by atoms with E-state index >= 15 is 0 Å². The van der Waals surface area contributed by atoms with E-state index in [1.807, 2.05) is 0 Å². The van der Waals surface area contributed by atoms with Crippen molar-refractivity contribution < 1.29 is 18.0 Å². The Labute approximate surface area is 102 Å². The molecule has 0 N–H and O–H groups in total. The lowest BCUT2D eigenvalue weighted by Gasteiger charge is -2.02. The Morgan fingerprint density at radius 3 is 1.44 bits per heavy atom. The monoisotopic (exact) mass is 258 g/mol. The van der Waals surface area contributed by atoms with Crippen molar-refractivity contribution in [3.8, 4) is 0 Å². The summed E-state index contributed by atoms with van der Waals surface area (Å²) >= 11 is 1.96. The van der Waals surface area contributed by atoms with Gasteiger partial charge in [0.1, 0.15) is 0 Å². The Balaban J connectivity index is 2.75. The van der Waals surface area contributed by atoms with E-state index in [0.29, 0.717) is 11.1 Å². The van der Waals surface area contributed by atoms with Crippen LogP contribution < -0.4 is 0 Å². The molecule has 0 saturated carbocycles. The second-order valence-corrected chi connectivity index (χ2v) is 3.65. The van der Waals surface area contributed by atoms with Crippen molar-refractivity contribution in [2.24, 2.45) is 0 Å². The third-order valence-electron chi connectivity index (χ3n) is 1.67. The zero-order valence-corrected chi connectivity index (χ0v) is 10.4. The maximum absolute atomic E-state index is 11.3. The van der Waals surface area contributed by atoms with E-state index in [9.17, 15) is 9.59 Å². The largest absolute Gasteiger partial charge is 0.388 e. The summed E-state index contributed by atoms with van der Waals surface area (Å²) < 4.78 is 9.47. The second-order valence-electron chi connectivity index (χ2n) is 2.65. The summed E-state index contributed by atoms with van der Waals surface area (Å²) in [7, 11) is 0. The maximum atomic E-state index is 11.3. The van der Waals surface area contributed by atoms with Gasteiger partial charge < -0.3 is 8.37 Å². The van der Waals surface area contributed by atoms with E-state index in [0.717, 1.165) is 24.1 Å². The van der Waals surface area contributed by atoms with Gasteiger partial charge in [0.2, 0.25) is 0 Å². The van der Waals surface area contributed by atoms with Crippen LogP contribution in [0.15, 0.2) is 24.3 Å². The number of hydrogen-bond acceptors (Lipinski definition) is 6. The number of rotatable bonds is 4. The lowest BCUT2D eigenvalue weighted by Crippen LogP contribution is -2.03. The molecule has 1 aromatic rings. The van der Waals surface area contributed by atoms with Gasteiger partial charge in [-0.25, -0.2) is 9.59 Å². The van der Waals surface area contributed by atoms with E-state index in [4.69, 9.17) is 8.37 Å². The molecule has 0 aliphatic rings. The molecule has 0 radical (unpaired) electrons. The number of carbonyl (C=O) groups is 2. The Morgan fingerprint density at radius 2 is 1.19 bits per heavy atom. The van der Waals surface area contributed by atoms with Gasteiger partial charge in [-0.2, -0.15) is 0 Å². The minimum Gasteiger partial charge on any atom is -0.388 e. The molecular formula is C10H10O4S2. The first-order valence-corrected chi connectivity index (χ1v) is 6.59. The van der Waals surface area contributed by atoms with Crippen molar-refractivity contribution in [2.45, 2.75) is 0 Å². The first-order valence-electron chi connectivity index (χ1n) is 4.29. The molecular weight excluding hydrogens is 248 g/mol. The van der Waals surface area contributed by atoms with Crippen LogP contribution in [0.1, 0.15) is 20.7 Å². The Hall–Kier alpha value is -1.14. The topological polar surface area (TPSA) is 52.6 Å². The Bertz CT molecular complexity index is 338. The fourth-order valence-corrected chi connectivity index (χ4v) is 1.49. The van der Waals surface area contributed by atoms with Gasteiger partial charge in [0.25, 0.3) is 0 Å². The highest BCUT2D eigenvalue weighted by Crippen LogP contribution is 2.11. The van der Waals surface area contributed by atoms with Crippen LogP contribution in [0.4, 0.5) is 0 Å². The summed E-state index contributed by atoms with van der Waals surface area (Å²) in [5.74, 6) is -0.866. The minimum atomic E-state index is -0.433. The average molecular weight is 258 g/mol. The molecule has 0 spiro atoms. The predicted octanol–water partition coefficient (Wildman–Crippen LogP) is 2.56. The maximum Gasteiger partial charge on any atom is 0.350 e. The van der Waals surface area contributed by atoms with E-state index in [2.05, 4.69) is 0 Å². The summed E-state index contributed by atoms with van der Waals surface area (Å²) in [4.78, 5) is 22.6. The van der Waals surface area contributed by atoms with Crippen molar-refractivity contribution >= 4 is 36.0 Å². The Morgan fingerprint density at radius 1 is 0.875 bits per heavy atom. The molecule has 0 atom stereocenters. The van der Waals surface area contributed by atoms with Crippen molar-refractivity contribution in [3.63, 3.8) is 0 Å². The summed E-state index contributed by atoms with van der Waals surface area (Å²) in [6, 6.07) is 6.09. The normalized spacial score (nSPS) is 9.62. The highest BCUT2D eigenvalue weighted by atomic mass is 32.2. The number of carbonyl (C=O) groups excluding carboxylic acids is 2. The van der Waals surface area contributed by atoms with Gasteiger partial charge >= 0.3 is 11.9 Å². The summed E-state index contributed by atoms with van der Waals surface area (Å²) in [5, 5.41) is 0. The molecule has 0 saturated heterocycles. The quantitative estimate of drug-likeness (QED) is 0.774. The molecule has 0 fully saturated rings. The molecule has 4 nitrogen and oxygen atoms in total. The van der Waals surface area contributed by atoms with Gasteiger partial charge in [-0.05, 0) is 24.3 Å². The van der Waals surface area contributed by atoms with Gasteiger partial charge in [-0.3, -0.25) is 0 Å². The van der Waals surface area contributed by atoms with Gasteiger partial charge in [-0.15, -0.1) is 0 Å². The molecule has 0 unspecified atom stereocenters. The first-order chi connectivity index (χ1) is 7.69. The molecule has 1 rings (SSSR count). The predicted molar refractivity (Wildman–Crippen MR) is 64.3 cm³/mol. The lowest BCUT2D eigenvalue weighted by molar-refractivity contribution is 0.0754. The third-order valence-corrected chi connectivity index (χ3v) is 2.31. The van der Waals surface area contributed by atoms with Crippen LogP contribution in [0.25, 0.3) is 0 Å². The number of hydrogen-bond donors (Lipinski definition) is 0. The van der Waals surface area contributed by atoms with Crippen LogP contribution in [-0.4, -0.2) is 24.5 Å². The SMILES string of the molecule is CSOC(=O)c1ccc(C(=O)OSC)cc1. The van der Waals surface area contributed by atoms with Gasteiger partial charge in [0, 0.05) is 12.5 Å². The van der Waals surface area contributed by atoms with Crippen molar-refractivity contribution in [3.05, 3.63) is 35.4 Å². The lowest BCUT2D eigenvalue weighted by atomic mass is 10.1. The molecule has 0 heterocycles. The molecule has 86 valence electrons. The van der Waals surface area contributed by atoms with E-state index in [1.165, 1.54) is 24.3 Å². The van der Waals surface area contributed by atoms with Crippen LogP contribution >= 0.6 is 24.1 Å². The van der Waals surface area contributed by atoms with E-state index in [1.54, 1.807) is 12.5 Å². The number of benzene rings is 1. The first kappa shape index (κ1) is 12.9. The van der Waals surface area contributed by atoms with E-state index < -0.39 is 11.9 Å². The zero-order chi connectivity index (χ0) is 12.0. The molecule has 0 bridgehead atoms. The smallest absolute Gasteiger partial charge is 0.350 e. The molecule has 1 aromatic carbocycles. The molecule has 16 heavy (non-hydrogen) atoms. The van der Waals surface area contributed by atoms with Crippen molar-refractivity contribution in [1.29, 1.82) is 0 Å². The third kappa shape index (κ3) is 3.46. The van der Waals surface area contributed by atoms with Gasteiger partial charge in [0.05, 0.1) is 35.2 Å². The highest BCUT2D eigenvalue weighted by molar-refractivity contribution is 7.94. The van der Waals surface area contributed by atoms with Crippen molar-refractivity contribution in [1.82, 2.24) is 0 Å². The zero-order valence-electron chi connectivity index (χ0n) is 8.76. The molecule has 0 amide bonds. The molecule has 6 heteroatoms. The summed E-state index contributed by atoms with van der Waals surface area (Å²) in [5.41, 5.74) is 0.796. The van der Waals surface area contributed by atoms with Crippen molar-refractivity contribution in [2.75, 3.05) is 12.5 Å². The fourth-order valence-electron chi connectivity index (χ4n) is 0.990. The highest BCUT2D eigenvalue weighted by Gasteiger charge is 2.10. The average Bonchev–Trinajstić information content (AvgIpc) is 2.30. The summed E-state index contributed by atoms with van der Waals surface area (Å²) in [6.45, 7) is 0. The van der Waals surface area contributed by atoms with Crippen LogP contribution in [0.2, 0.25) is 0 Å². The second kappa shape index (κ2) is 6.44. The Kier molecular flexibility index (Phi) is 5.21. The van der Waals surface area contributed by atoms with Crippen LogP contribution in [0.3, 0.4) is 0 Å². The van der Waals surface area contributed by atoms with Gasteiger partial charge in [-0.1, -0.05) is 0 Å². The van der Waals surface area contributed by atoms with E-state index in [-0.39, 0.29) is 0 Å². The standard InChI is InChI=1S/C10H10O4S2/c1-15-13-9(11)7-3-5-8(6-4-7)10(12)14-16-2/h3-6H,1-2H3. The van der Waals surface area contributed by atoms with Gasteiger partial charge in [0.15, 0.2) is 0 Å². The molecule has 0 aliphatic carbocycles. The van der Waals surface area contributed by atoms with Crippen LogP contribution in [-0.2, 0) is 8.37 Å².